The van der Waals surface area contributed by atoms with Gasteiger partial charge in [-0.2, -0.15) is 0 Å². The number of thiophene rings is 1. The Balaban J connectivity index is 1.22. The highest BCUT2D eigenvalue weighted by atomic mass is 32.1. The van der Waals surface area contributed by atoms with Crippen LogP contribution in [0.1, 0.15) is 16.4 Å². The van der Waals surface area contributed by atoms with E-state index in [1.54, 1.807) is 17.4 Å². The molecule has 12 aromatic rings. The first-order valence-electron chi connectivity index (χ1n) is 25.9. The third kappa shape index (κ3) is 6.18. The van der Waals surface area contributed by atoms with E-state index in [-0.39, 0.29) is 33.3 Å². The molecule has 0 aliphatic heterocycles. The highest BCUT2D eigenvalue weighted by Gasteiger charge is 2.22. The van der Waals surface area contributed by atoms with E-state index < -0.39 is 83.6 Å². The summed E-state index contributed by atoms with van der Waals surface area (Å²) in [6.45, 7) is 0. The molecule has 0 radical (unpaired) electrons. The lowest BCUT2D eigenvalue weighted by Crippen LogP contribution is -2.04. The van der Waals surface area contributed by atoms with E-state index in [0.717, 1.165) is 42.4 Å². The van der Waals surface area contributed by atoms with Gasteiger partial charge >= 0.3 is 0 Å². The van der Waals surface area contributed by atoms with Gasteiger partial charge in [0.05, 0.1) is 33.2 Å². The summed E-state index contributed by atoms with van der Waals surface area (Å²) in [6.07, 6.45) is 0. The molecule has 0 bridgehead atoms. The molecule has 290 valence electrons. The second-order valence-corrected chi connectivity index (χ2v) is 15.7. The number of rotatable bonds is 7. The van der Waals surface area contributed by atoms with Crippen molar-refractivity contribution in [3.05, 3.63) is 218 Å². The molecule has 12 rings (SSSR count). The summed E-state index contributed by atoms with van der Waals surface area (Å²) in [5, 5.41) is 1.81. The second kappa shape index (κ2) is 14.9. The molecule has 0 saturated carbocycles. The molecular formula is C57H36N4S. The molecule has 4 nitrogen and oxygen atoms in total. The Labute approximate surface area is 379 Å². The van der Waals surface area contributed by atoms with Crippen LogP contribution in [0.25, 0.3) is 115 Å². The molecular weight excluding hydrogens is 773 g/mol. The zero-order valence-electron chi connectivity index (χ0n) is 44.6. The molecule has 0 atom stereocenters. The van der Waals surface area contributed by atoms with Crippen molar-refractivity contribution in [1.29, 1.82) is 0 Å². The average Bonchev–Trinajstić information content (AvgIpc) is 4.01. The fourth-order valence-corrected chi connectivity index (χ4v) is 9.36. The highest BCUT2D eigenvalue weighted by molar-refractivity contribution is 7.26. The highest BCUT2D eigenvalue weighted by Crippen LogP contribution is 2.43. The van der Waals surface area contributed by atoms with Gasteiger partial charge in [-0.05, 0) is 75.8 Å². The SMILES string of the molecule is [2H]c1c([2H])c([2H])c(-c2c([2H])c([2H])c3c(c2[2H])c2c([2H])c([2H])c([2H])c([2H])c2n3-c2ccc(-c3cccc4c3sc3ccccc34)cc2-c2nc(-c3ccccc3)nc(-c3cccc(-c4ccccc4)c3)n2)c([2H])c1[2H]. The second-order valence-electron chi connectivity index (χ2n) is 14.7. The molecule has 0 spiro atoms. The molecule has 0 aliphatic carbocycles. The molecule has 9 aromatic carbocycles. The Morgan fingerprint density at radius 2 is 1.05 bits per heavy atom. The summed E-state index contributed by atoms with van der Waals surface area (Å²) < 4.78 is 112. The first kappa shape index (κ1) is 25.6. The Bertz CT molecular complexity index is 4320. The van der Waals surface area contributed by atoms with Gasteiger partial charge in [-0.25, -0.2) is 15.0 Å². The summed E-state index contributed by atoms with van der Waals surface area (Å²) in [6, 6.07) is 39.5. The quantitative estimate of drug-likeness (QED) is 0.161. The minimum absolute atomic E-state index is 0.126. The van der Waals surface area contributed by atoms with Gasteiger partial charge in [0.2, 0.25) is 0 Å². The molecule has 3 aromatic heterocycles. The van der Waals surface area contributed by atoms with E-state index in [2.05, 4.69) is 18.2 Å². The summed E-state index contributed by atoms with van der Waals surface area (Å²) >= 11 is 1.65. The molecule has 0 fully saturated rings. The standard InChI is InChI=1S/C57H36N4S/c1-4-16-37(17-5-1)40-22-14-23-43(34-40)56-58-55(39-20-8-3-9-21-39)59-57(60-56)49-36-42(44-26-15-27-47-46-25-11-13-29-53(46)62-54(44)47)31-33-52(49)61-50-28-12-10-24-45(50)48-35-41(30-32-51(48)61)38-18-6-2-7-19-38/h1-36H/i2D,6D,7D,10D,12D,18D,19D,24D,28D,30D,32D,35D. The molecule has 0 N–H and O–H groups in total. The number of nitrogens with zero attached hydrogens (tertiary/aromatic N) is 4. The number of hydrogen-bond donors (Lipinski definition) is 0. The summed E-state index contributed by atoms with van der Waals surface area (Å²) in [5.41, 5.74) is 4.28. The average molecular weight is 821 g/mol. The van der Waals surface area contributed by atoms with Crippen molar-refractivity contribution in [2.75, 3.05) is 0 Å². The van der Waals surface area contributed by atoms with Gasteiger partial charge in [-0.3, -0.25) is 0 Å². The van der Waals surface area contributed by atoms with Crippen LogP contribution in [0.2, 0.25) is 0 Å². The van der Waals surface area contributed by atoms with Crippen molar-refractivity contribution in [3.8, 4) is 73.2 Å². The first-order chi connectivity index (χ1) is 35.7. The third-order valence-corrected chi connectivity index (χ3v) is 12.2. The van der Waals surface area contributed by atoms with E-state index in [1.807, 2.05) is 121 Å². The zero-order chi connectivity index (χ0) is 51.4. The van der Waals surface area contributed by atoms with Crippen LogP contribution in [0.5, 0.6) is 0 Å². The van der Waals surface area contributed by atoms with Crippen LogP contribution in [0.15, 0.2) is 218 Å². The lowest BCUT2D eigenvalue weighted by molar-refractivity contribution is 1.06. The topological polar surface area (TPSA) is 43.6 Å². The molecule has 5 heteroatoms. The Kier molecular flexibility index (Phi) is 6.16. The van der Waals surface area contributed by atoms with E-state index in [9.17, 15) is 6.85 Å². The summed E-state index contributed by atoms with van der Waals surface area (Å²) in [4.78, 5) is 15.4. The Hall–Kier alpha value is -7.99. The number of aromatic nitrogens is 4. The largest absolute Gasteiger partial charge is 0.309 e. The van der Waals surface area contributed by atoms with Gasteiger partial charge in [0, 0.05) is 47.6 Å². The van der Waals surface area contributed by atoms with Crippen LogP contribution in [0.3, 0.4) is 0 Å². The summed E-state index contributed by atoms with van der Waals surface area (Å²) in [7, 11) is 0. The predicted molar refractivity (Wildman–Crippen MR) is 260 cm³/mol. The molecule has 0 unspecified atom stereocenters. The van der Waals surface area contributed by atoms with Crippen LogP contribution in [0, 0.1) is 0 Å². The lowest BCUT2D eigenvalue weighted by Gasteiger charge is -2.17. The Morgan fingerprint density at radius 1 is 0.387 bits per heavy atom. The van der Waals surface area contributed by atoms with Gasteiger partial charge in [0.15, 0.2) is 17.5 Å². The van der Waals surface area contributed by atoms with E-state index >= 15 is 0 Å². The fourth-order valence-electron chi connectivity index (χ4n) is 8.12. The van der Waals surface area contributed by atoms with Crippen LogP contribution in [-0.2, 0) is 0 Å². The molecule has 0 saturated heterocycles. The van der Waals surface area contributed by atoms with Crippen molar-refractivity contribution < 1.29 is 16.4 Å². The van der Waals surface area contributed by atoms with Crippen LogP contribution < -0.4 is 0 Å². The van der Waals surface area contributed by atoms with Gasteiger partial charge in [-0.1, -0.05) is 176 Å². The number of benzene rings is 9. The van der Waals surface area contributed by atoms with Crippen molar-refractivity contribution in [1.82, 2.24) is 19.5 Å². The van der Waals surface area contributed by atoms with E-state index in [4.69, 9.17) is 24.5 Å². The fraction of sp³-hybridized carbons (Fsp3) is 0. The van der Waals surface area contributed by atoms with Gasteiger partial charge in [-0.15, -0.1) is 11.3 Å². The predicted octanol–water partition coefficient (Wildman–Crippen LogP) is 15.3. The molecule has 3 heterocycles. The third-order valence-electron chi connectivity index (χ3n) is 11.0. The Morgan fingerprint density at radius 3 is 1.90 bits per heavy atom. The van der Waals surface area contributed by atoms with Crippen molar-refractivity contribution >= 4 is 53.3 Å². The van der Waals surface area contributed by atoms with Crippen molar-refractivity contribution in [2.24, 2.45) is 0 Å². The molecule has 0 aliphatic rings. The number of fused-ring (bicyclic) bond motifs is 6. The zero-order valence-corrected chi connectivity index (χ0v) is 33.4. The van der Waals surface area contributed by atoms with Gasteiger partial charge in [0.25, 0.3) is 0 Å². The molecule has 0 amide bonds. The van der Waals surface area contributed by atoms with E-state index in [1.165, 1.54) is 4.57 Å². The number of hydrogen-bond acceptors (Lipinski definition) is 4. The normalized spacial score (nSPS) is 14.3. The monoisotopic (exact) mass is 820 g/mol. The van der Waals surface area contributed by atoms with Gasteiger partial charge < -0.3 is 4.57 Å². The first-order valence-corrected chi connectivity index (χ1v) is 20.7. The smallest absolute Gasteiger partial charge is 0.166 e. The van der Waals surface area contributed by atoms with Crippen LogP contribution in [0.4, 0.5) is 0 Å². The maximum Gasteiger partial charge on any atom is 0.166 e. The molecule has 62 heavy (non-hydrogen) atoms. The maximum atomic E-state index is 9.83. The number of para-hydroxylation sites is 1. The van der Waals surface area contributed by atoms with Crippen LogP contribution >= 0.6 is 11.3 Å². The minimum atomic E-state index is -0.703. The summed E-state index contributed by atoms with van der Waals surface area (Å²) in [5.74, 6) is 0.814. The minimum Gasteiger partial charge on any atom is -0.309 e. The van der Waals surface area contributed by atoms with E-state index in [0.29, 0.717) is 28.3 Å². The van der Waals surface area contributed by atoms with Crippen LogP contribution in [-0.4, -0.2) is 19.5 Å². The van der Waals surface area contributed by atoms with Crippen molar-refractivity contribution in [3.63, 3.8) is 0 Å². The lowest BCUT2D eigenvalue weighted by atomic mass is 9.99. The van der Waals surface area contributed by atoms with Crippen molar-refractivity contribution in [2.45, 2.75) is 0 Å². The maximum absolute atomic E-state index is 9.83. The van der Waals surface area contributed by atoms with Gasteiger partial charge in [0.1, 0.15) is 0 Å².